The van der Waals surface area contributed by atoms with Gasteiger partial charge < -0.3 is 9.64 Å². The third kappa shape index (κ3) is 5.37. The molecule has 7 nitrogen and oxygen atoms in total. The second-order valence-corrected chi connectivity index (χ2v) is 9.80. The molecular weight excluding hydrogens is 429 g/mol. The number of halogens is 1. The van der Waals surface area contributed by atoms with E-state index >= 15 is 0 Å². The summed E-state index contributed by atoms with van der Waals surface area (Å²) in [7, 11) is -1.89. The van der Waals surface area contributed by atoms with Crippen LogP contribution in [0.3, 0.4) is 0 Å². The number of carbonyl (C=O) groups is 1. The first-order valence-corrected chi connectivity index (χ1v) is 11.9. The SMILES string of the molecule is CC(c1ccc(F)cc1)N(C)C(=O)CSc1ccc(S(=O)(=O)N2CCOCC2)cn1. The zero-order chi connectivity index (χ0) is 21.7. The Labute approximate surface area is 180 Å². The second-order valence-electron chi connectivity index (χ2n) is 6.87. The average molecular weight is 454 g/mol. The van der Waals surface area contributed by atoms with Gasteiger partial charge in [0.25, 0.3) is 0 Å². The number of hydrogen-bond donors (Lipinski definition) is 0. The number of carbonyl (C=O) groups excluding carboxylic acids is 1. The van der Waals surface area contributed by atoms with Crippen molar-refractivity contribution < 1.29 is 22.3 Å². The molecule has 1 fully saturated rings. The van der Waals surface area contributed by atoms with Crippen LogP contribution in [0.5, 0.6) is 0 Å². The minimum atomic E-state index is -3.59. The highest BCUT2D eigenvalue weighted by molar-refractivity contribution is 7.99. The van der Waals surface area contributed by atoms with E-state index in [0.29, 0.717) is 31.3 Å². The highest BCUT2D eigenvalue weighted by atomic mass is 32.2. The van der Waals surface area contributed by atoms with Crippen LogP contribution in [0.25, 0.3) is 0 Å². The molecular formula is C20H24FN3O4S2. The fraction of sp³-hybridized carbons (Fsp3) is 0.400. The van der Waals surface area contributed by atoms with Crippen LogP contribution < -0.4 is 0 Å². The summed E-state index contributed by atoms with van der Waals surface area (Å²) in [5.41, 5.74) is 0.841. The molecule has 0 bridgehead atoms. The number of hydrogen-bond acceptors (Lipinski definition) is 6. The van der Waals surface area contributed by atoms with E-state index < -0.39 is 10.0 Å². The highest BCUT2D eigenvalue weighted by Gasteiger charge is 2.26. The minimum Gasteiger partial charge on any atom is -0.379 e. The summed E-state index contributed by atoms with van der Waals surface area (Å²) in [6.07, 6.45) is 1.32. The van der Waals surface area contributed by atoms with Crippen molar-refractivity contribution in [2.75, 3.05) is 39.1 Å². The van der Waals surface area contributed by atoms with Gasteiger partial charge in [0.1, 0.15) is 10.7 Å². The van der Waals surface area contributed by atoms with Crippen LogP contribution in [-0.4, -0.2) is 67.6 Å². The van der Waals surface area contributed by atoms with E-state index in [2.05, 4.69) is 4.98 Å². The molecule has 0 spiro atoms. The van der Waals surface area contributed by atoms with Gasteiger partial charge in [0.2, 0.25) is 15.9 Å². The fourth-order valence-electron chi connectivity index (χ4n) is 2.96. The lowest BCUT2D eigenvalue weighted by atomic mass is 10.1. The van der Waals surface area contributed by atoms with Gasteiger partial charge in [-0.15, -0.1) is 0 Å². The molecule has 162 valence electrons. The molecule has 1 atom stereocenters. The summed E-state index contributed by atoms with van der Waals surface area (Å²) in [6, 6.07) is 8.97. The van der Waals surface area contributed by atoms with Crippen molar-refractivity contribution >= 4 is 27.7 Å². The van der Waals surface area contributed by atoms with E-state index in [0.717, 1.165) is 5.56 Å². The van der Waals surface area contributed by atoms with Gasteiger partial charge in [-0.05, 0) is 36.8 Å². The number of morpholine rings is 1. The van der Waals surface area contributed by atoms with Gasteiger partial charge in [-0.2, -0.15) is 4.31 Å². The number of aromatic nitrogens is 1. The molecule has 0 saturated carbocycles. The minimum absolute atomic E-state index is 0.108. The molecule has 0 N–H and O–H groups in total. The maximum absolute atomic E-state index is 13.1. The number of pyridine rings is 1. The zero-order valence-electron chi connectivity index (χ0n) is 16.8. The molecule has 1 amide bonds. The number of nitrogens with zero attached hydrogens (tertiary/aromatic N) is 3. The van der Waals surface area contributed by atoms with Crippen molar-refractivity contribution in [2.24, 2.45) is 0 Å². The highest BCUT2D eigenvalue weighted by Crippen LogP contribution is 2.23. The Kier molecular flexibility index (Phi) is 7.45. The third-order valence-electron chi connectivity index (χ3n) is 4.99. The van der Waals surface area contributed by atoms with Crippen molar-refractivity contribution in [3.05, 3.63) is 54.0 Å². The topological polar surface area (TPSA) is 79.8 Å². The van der Waals surface area contributed by atoms with Crippen LogP contribution in [-0.2, 0) is 19.6 Å². The van der Waals surface area contributed by atoms with Crippen molar-refractivity contribution in [1.82, 2.24) is 14.2 Å². The first-order valence-electron chi connectivity index (χ1n) is 9.47. The summed E-state index contributed by atoms with van der Waals surface area (Å²) in [6.45, 7) is 3.29. The van der Waals surface area contributed by atoms with Crippen LogP contribution in [0.1, 0.15) is 18.5 Å². The van der Waals surface area contributed by atoms with Crippen LogP contribution in [0.15, 0.2) is 52.5 Å². The second kappa shape index (κ2) is 9.86. The molecule has 2 aromatic rings. The van der Waals surface area contributed by atoms with Crippen molar-refractivity contribution in [3.63, 3.8) is 0 Å². The summed E-state index contributed by atoms with van der Waals surface area (Å²) < 4.78 is 44.9. The number of sulfonamides is 1. The van der Waals surface area contributed by atoms with Crippen molar-refractivity contribution in [1.29, 1.82) is 0 Å². The summed E-state index contributed by atoms with van der Waals surface area (Å²) in [5.74, 6) is -0.269. The summed E-state index contributed by atoms with van der Waals surface area (Å²) >= 11 is 1.24. The van der Waals surface area contributed by atoms with Gasteiger partial charge >= 0.3 is 0 Å². The van der Waals surface area contributed by atoms with Crippen molar-refractivity contribution in [3.8, 4) is 0 Å². The first-order chi connectivity index (χ1) is 14.3. The number of benzene rings is 1. The summed E-state index contributed by atoms with van der Waals surface area (Å²) in [5, 5.41) is 0.562. The largest absolute Gasteiger partial charge is 0.379 e. The van der Waals surface area contributed by atoms with Gasteiger partial charge in [0.05, 0.1) is 30.0 Å². The monoisotopic (exact) mass is 453 g/mol. The van der Waals surface area contributed by atoms with Gasteiger partial charge in [0, 0.05) is 26.3 Å². The van der Waals surface area contributed by atoms with Gasteiger partial charge in [-0.3, -0.25) is 4.79 Å². The van der Waals surface area contributed by atoms with Gasteiger partial charge in [-0.1, -0.05) is 23.9 Å². The third-order valence-corrected chi connectivity index (χ3v) is 7.80. The van der Waals surface area contributed by atoms with Crippen LogP contribution in [0, 0.1) is 5.82 Å². The standard InChI is InChI=1S/C20H24FN3O4S2/c1-15(16-3-5-17(21)6-4-16)23(2)20(25)14-29-19-8-7-18(13-22-19)30(26,27)24-9-11-28-12-10-24/h3-8,13,15H,9-12,14H2,1-2H3. The lowest BCUT2D eigenvalue weighted by molar-refractivity contribution is -0.128. The quantitative estimate of drug-likeness (QED) is 0.600. The molecule has 2 heterocycles. The predicted molar refractivity (Wildman–Crippen MR) is 112 cm³/mol. The van der Waals surface area contributed by atoms with E-state index in [-0.39, 0.29) is 28.4 Å². The normalized spacial score (nSPS) is 16.2. The van der Waals surface area contributed by atoms with E-state index in [1.807, 2.05) is 6.92 Å². The molecule has 1 saturated heterocycles. The number of rotatable bonds is 7. The Morgan fingerprint density at radius 3 is 2.50 bits per heavy atom. The number of thioether (sulfide) groups is 1. The van der Waals surface area contributed by atoms with Crippen LogP contribution >= 0.6 is 11.8 Å². The molecule has 10 heteroatoms. The molecule has 1 aromatic heterocycles. The van der Waals surface area contributed by atoms with Gasteiger partial charge in [0.15, 0.2) is 0 Å². The molecule has 1 aliphatic rings. The number of amides is 1. The Hall–Kier alpha value is -2.01. The lowest BCUT2D eigenvalue weighted by Crippen LogP contribution is -2.40. The van der Waals surface area contributed by atoms with Crippen molar-refractivity contribution in [2.45, 2.75) is 22.9 Å². The van der Waals surface area contributed by atoms with E-state index in [1.54, 1.807) is 30.1 Å². The Morgan fingerprint density at radius 1 is 1.23 bits per heavy atom. The van der Waals surface area contributed by atoms with E-state index in [9.17, 15) is 17.6 Å². The first kappa shape index (κ1) is 22.7. The molecule has 1 unspecified atom stereocenters. The van der Waals surface area contributed by atoms with Crippen LogP contribution in [0.2, 0.25) is 0 Å². The number of ether oxygens (including phenoxy) is 1. The maximum atomic E-state index is 13.1. The van der Waals surface area contributed by atoms with Crippen LogP contribution in [0.4, 0.5) is 4.39 Å². The molecule has 1 aromatic carbocycles. The van der Waals surface area contributed by atoms with Gasteiger partial charge in [-0.25, -0.2) is 17.8 Å². The zero-order valence-corrected chi connectivity index (χ0v) is 18.5. The summed E-state index contributed by atoms with van der Waals surface area (Å²) in [4.78, 5) is 18.4. The Bertz CT molecular complexity index is 963. The van der Waals surface area contributed by atoms with E-state index in [4.69, 9.17) is 4.74 Å². The Balaban J connectivity index is 1.57. The predicted octanol–water partition coefficient (Wildman–Crippen LogP) is 2.55. The Morgan fingerprint density at radius 2 is 1.90 bits per heavy atom. The smallest absolute Gasteiger partial charge is 0.244 e. The molecule has 30 heavy (non-hydrogen) atoms. The molecule has 3 rings (SSSR count). The average Bonchev–Trinajstić information content (AvgIpc) is 2.78. The van der Waals surface area contributed by atoms with E-state index in [1.165, 1.54) is 40.5 Å². The molecule has 0 aliphatic carbocycles. The molecule has 1 aliphatic heterocycles. The maximum Gasteiger partial charge on any atom is 0.244 e. The molecule has 0 radical (unpaired) electrons. The fourth-order valence-corrected chi connectivity index (χ4v) is 5.08. The lowest BCUT2D eigenvalue weighted by Gasteiger charge is -2.26.